The third kappa shape index (κ3) is 2.84. The van der Waals surface area contributed by atoms with E-state index in [0.717, 1.165) is 22.6 Å². The van der Waals surface area contributed by atoms with Gasteiger partial charge in [0.2, 0.25) is 0 Å². The highest BCUT2D eigenvalue weighted by Gasteiger charge is 2.12. The SMILES string of the molecule is Cc1cc(C=C(C#N)c2ccccc2F)c(C)n1-c1ccncc1. The lowest BCUT2D eigenvalue weighted by atomic mass is 10.0. The Bertz CT molecular complexity index is 947. The average molecular weight is 317 g/mol. The van der Waals surface area contributed by atoms with Crippen molar-refractivity contribution in [3.8, 4) is 11.8 Å². The number of nitriles is 1. The highest BCUT2D eigenvalue weighted by molar-refractivity contribution is 5.90. The molecule has 0 aliphatic heterocycles. The highest BCUT2D eigenvalue weighted by Crippen LogP contribution is 2.26. The van der Waals surface area contributed by atoms with Crippen LogP contribution >= 0.6 is 0 Å². The van der Waals surface area contributed by atoms with Crippen LogP contribution in [0.25, 0.3) is 17.3 Å². The maximum Gasteiger partial charge on any atom is 0.131 e. The number of benzene rings is 1. The molecule has 0 N–H and O–H groups in total. The molecule has 0 bridgehead atoms. The van der Waals surface area contributed by atoms with E-state index in [1.165, 1.54) is 6.07 Å². The van der Waals surface area contributed by atoms with E-state index in [1.807, 2.05) is 32.0 Å². The van der Waals surface area contributed by atoms with E-state index in [1.54, 1.807) is 36.7 Å². The monoisotopic (exact) mass is 317 g/mol. The Hall–Kier alpha value is -3.19. The van der Waals surface area contributed by atoms with Crippen LogP contribution in [0.5, 0.6) is 0 Å². The van der Waals surface area contributed by atoms with Gasteiger partial charge in [-0.25, -0.2) is 4.39 Å². The second kappa shape index (κ2) is 6.51. The predicted octanol–water partition coefficient (Wildman–Crippen LogP) is 4.69. The van der Waals surface area contributed by atoms with Gasteiger partial charge in [0.25, 0.3) is 0 Å². The van der Waals surface area contributed by atoms with Crippen LogP contribution in [-0.2, 0) is 0 Å². The van der Waals surface area contributed by atoms with Gasteiger partial charge in [0.05, 0.1) is 11.6 Å². The first kappa shape index (κ1) is 15.7. The fraction of sp³-hybridized carbons (Fsp3) is 0.100. The molecule has 0 saturated carbocycles. The number of pyridine rings is 1. The average Bonchev–Trinajstić information content (AvgIpc) is 2.88. The van der Waals surface area contributed by atoms with Gasteiger partial charge in [0.15, 0.2) is 0 Å². The van der Waals surface area contributed by atoms with Crippen molar-refractivity contribution in [1.29, 1.82) is 5.26 Å². The third-order valence-electron chi connectivity index (χ3n) is 3.98. The molecule has 0 spiro atoms. The molecule has 0 fully saturated rings. The topological polar surface area (TPSA) is 41.6 Å². The molecule has 0 aliphatic rings. The largest absolute Gasteiger partial charge is 0.318 e. The standard InChI is InChI=1S/C20H16FN3/c1-14-11-16(15(2)24(14)18-7-9-23-10-8-18)12-17(13-22)19-5-3-4-6-20(19)21/h3-12H,1-2H3. The minimum absolute atomic E-state index is 0.308. The Morgan fingerprint density at radius 2 is 1.88 bits per heavy atom. The second-order valence-electron chi connectivity index (χ2n) is 5.52. The van der Waals surface area contributed by atoms with Crippen LogP contribution in [0.2, 0.25) is 0 Å². The molecule has 24 heavy (non-hydrogen) atoms. The Morgan fingerprint density at radius 1 is 1.17 bits per heavy atom. The smallest absolute Gasteiger partial charge is 0.131 e. The second-order valence-corrected chi connectivity index (χ2v) is 5.52. The fourth-order valence-corrected chi connectivity index (χ4v) is 2.83. The van der Waals surface area contributed by atoms with Gasteiger partial charge in [-0.15, -0.1) is 0 Å². The van der Waals surface area contributed by atoms with Crippen LogP contribution in [0.1, 0.15) is 22.5 Å². The summed E-state index contributed by atoms with van der Waals surface area (Å²) in [7, 11) is 0. The Morgan fingerprint density at radius 3 is 2.54 bits per heavy atom. The molecular formula is C20H16FN3. The van der Waals surface area contributed by atoms with Gasteiger partial charge < -0.3 is 4.57 Å². The first-order chi connectivity index (χ1) is 11.6. The molecule has 3 aromatic rings. The van der Waals surface area contributed by atoms with Gasteiger partial charge >= 0.3 is 0 Å². The summed E-state index contributed by atoms with van der Waals surface area (Å²) < 4.78 is 16.1. The number of aryl methyl sites for hydroxylation is 1. The summed E-state index contributed by atoms with van der Waals surface area (Å²) in [6.07, 6.45) is 5.21. The zero-order chi connectivity index (χ0) is 17.1. The zero-order valence-corrected chi connectivity index (χ0v) is 13.5. The van der Waals surface area contributed by atoms with Gasteiger partial charge in [0, 0.05) is 35.0 Å². The zero-order valence-electron chi connectivity index (χ0n) is 13.5. The van der Waals surface area contributed by atoms with Gasteiger partial charge in [-0.05, 0) is 49.8 Å². The molecule has 0 radical (unpaired) electrons. The lowest BCUT2D eigenvalue weighted by Crippen LogP contribution is -1.99. The van der Waals surface area contributed by atoms with Crippen molar-refractivity contribution in [1.82, 2.24) is 9.55 Å². The first-order valence-corrected chi connectivity index (χ1v) is 7.58. The molecule has 0 amide bonds. The van der Waals surface area contributed by atoms with Crippen LogP contribution in [0, 0.1) is 31.0 Å². The molecule has 0 saturated heterocycles. The lowest BCUT2D eigenvalue weighted by molar-refractivity contribution is 0.624. The van der Waals surface area contributed by atoms with Crippen molar-refractivity contribution in [2.75, 3.05) is 0 Å². The number of hydrogen-bond donors (Lipinski definition) is 0. The molecule has 1 aromatic carbocycles. The van der Waals surface area contributed by atoms with E-state index in [-0.39, 0.29) is 0 Å². The van der Waals surface area contributed by atoms with Crippen LogP contribution < -0.4 is 0 Å². The van der Waals surface area contributed by atoms with Crippen LogP contribution in [0.15, 0.2) is 54.9 Å². The van der Waals surface area contributed by atoms with Crippen molar-refractivity contribution in [3.05, 3.63) is 83.2 Å². The Kier molecular flexibility index (Phi) is 4.26. The van der Waals surface area contributed by atoms with Gasteiger partial charge in [-0.1, -0.05) is 18.2 Å². The maximum atomic E-state index is 14.0. The number of aromatic nitrogens is 2. The molecule has 4 heteroatoms. The number of halogens is 1. The van der Waals surface area contributed by atoms with Crippen LogP contribution in [0.4, 0.5) is 4.39 Å². The fourth-order valence-electron chi connectivity index (χ4n) is 2.83. The van der Waals surface area contributed by atoms with E-state index in [2.05, 4.69) is 15.6 Å². The minimum Gasteiger partial charge on any atom is -0.318 e. The van der Waals surface area contributed by atoms with Crippen LogP contribution in [-0.4, -0.2) is 9.55 Å². The Labute approximate surface area is 140 Å². The van der Waals surface area contributed by atoms with E-state index in [0.29, 0.717) is 11.1 Å². The third-order valence-corrected chi connectivity index (χ3v) is 3.98. The number of allylic oxidation sites excluding steroid dienone is 1. The molecular weight excluding hydrogens is 301 g/mol. The molecule has 2 aromatic heterocycles. The molecule has 0 atom stereocenters. The summed E-state index contributed by atoms with van der Waals surface area (Å²) in [5, 5.41) is 9.45. The summed E-state index contributed by atoms with van der Waals surface area (Å²) in [6, 6.07) is 14.3. The van der Waals surface area contributed by atoms with Crippen molar-refractivity contribution in [2.45, 2.75) is 13.8 Å². The molecule has 3 rings (SSSR count). The van der Waals surface area contributed by atoms with E-state index < -0.39 is 5.82 Å². The van der Waals surface area contributed by atoms with Gasteiger partial charge in [-0.3, -0.25) is 4.98 Å². The summed E-state index contributed by atoms with van der Waals surface area (Å²) in [5.74, 6) is -0.395. The summed E-state index contributed by atoms with van der Waals surface area (Å²) >= 11 is 0. The van der Waals surface area contributed by atoms with E-state index >= 15 is 0 Å². The Balaban J connectivity index is 2.11. The number of rotatable bonds is 3. The van der Waals surface area contributed by atoms with Gasteiger partial charge in [-0.2, -0.15) is 5.26 Å². The van der Waals surface area contributed by atoms with Gasteiger partial charge in [0.1, 0.15) is 5.82 Å². The maximum absolute atomic E-state index is 14.0. The highest BCUT2D eigenvalue weighted by atomic mass is 19.1. The summed E-state index contributed by atoms with van der Waals surface area (Å²) in [5.41, 5.74) is 4.54. The van der Waals surface area contributed by atoms with E-state index in [9.17, 15) is 9.65 Å². The molecule has 0 aliphatic carbocycles. The molecule has 118 valence electrons. The molecule has 3 nitrogen and oxygen atoms in total. The van der Waals surface area contributed by atoms with E-state index in [4.69, 9.17) is 0 Å². The van der Waals surface area contributed by atoms with Crippen molar-refractivity contribution in [2.24, 2.45) is 0 Å². The lowest BCUT2D eigenvalue weighted by Gasteiger charge is -2.09. The summed E-state index contributed by atoms with van der Waals surface area (Å²) in [4.78, 5) is 4.04. The number of hydrogen-bond acceptors (Lipinski definition) is 2. The molecule has 2 heterocycles. The van der Waals surface area contributed by atoms with Crippen molar-refractivity contribution in [3.63, 3.8) is 0 Å². The number of nitrogens with zero attached hydrogens (tertiary/aromatic N) is 3. The predicted molar refractivity (Wildman–Crippen MR) is 92.9 cm³/mol. The molecule has 0 unspecified atom stereocenters. The minimum atomic E-state index is -0.395. The van der Waals surface area contributed by atoms with Crippen molar-refractivity contribution < 1.29 is 4.39 Å². The normalized spacial score (nSPS) is 11.3. The summed E-state index contributed by atoms with van der Waals surface area (Å²) in [6.45, 7) is 3.98. The first-order valence-electron chi connectivity index (χ1n) is 7.58. The quantitative estimate of drug-likeness (QED) is 0.657. The van der Waals surface area contributed by atoms with Crippen LogP contribution in [0.3, 0.4) is 0 Å². The van der Waals surface area contributed by atoms with Crippen molar-refractivity contribution >= 4 is 11.6 Å².